The van der Waals surface area contributed by atoms with Gasteiger partial charge >= 0.3 is 0 Å². The Morgan fingerprint density at radius 1 is 1.53 bits per heavy atom. The molecule has 0 radical (unpaired) electrons. The van der Waals surface area contributed by atoms with Gasteiger partial charge < -0.3 is 10.2 Å². The van der Waals surface area contributed by atoms with Gasteiger partial charge in [-0.3, -0.25) is 4.79 Å². The van der Waals surface area contributed by atoms with Crippen molar-refractivity contribution in [3.63, 3.8) is 0 Å². The minimum atomic E-state index is -0.387. The molecule has 2 rings (SSSR count). The quantitative estimate of drug-likeness (QED) is 0.925. The molecular formula is C14H18BrFN2O. The van der Waals surface area contributed by atoms with Crippen molar-refractivity contribution < 1.29 is 9.18 Å². The molecule has 0 saturated carbocycles. The number of carbonyl (C=O) groups is 1. The molecule has 1 heterocycles. The molecule has 0 bridgehead atoms. The lowest BCUT2D eigenvalue weighted by Crippen LogP contribution is -2.42. The van der Waals surface area contributed by atoms with E-state index in [-0.39, 0.29) is 11.7 Å². The van der Waals surface area contributed by atoms with E-state index in [0.29, 0.717) is 16.0 Å². The van der Waals surface area contributed by atoms with Crippen molar-refractivity contribution in [2.45, 2.75) is 12.8 Å². The number of amides is 1. The molecule has 1 amide bonds. The Labute approximate surface area is 121 Å². The van der Waals surface area contributed by atoms with Crippen LogP contribution >= 0.6 is 15.9 Å². The normalized spacial score (nSPS) is 19.5. The zero-order chi connectivity index (χ0) is 13.8. The van der Waals surface area contributed by atoms with E-state index in [1.54, 1.807) is 6.07 Å². The highest BCUT2D eigenvalue weighted by atomic mass is 79.9. The van der Waals surface area contributed by atoms with Gasteiger partial charge in [0.25, 0.3) is 5.91 Å². The molecule has 1 fully saturated rings. The summed E-state index contributed by atoms with van der Waals surface area (Å²) in [4.78, 5) is 14.2. The average Bonchev–Trinajstić information content (AvgIpc) is 2.37. The molecule has 0 aliphatic carbocycles. The van der Waals surface area contributed by atoms with E-state index in [4.69, 9.17) is 0 Å². The lowest BCUT2D eigenvalue weighted by molar-refractivity contribution is 0.0673. The van der Waals surface area contributed by atoms with Gasteiger partial charge in [0.1, 0.15) is 5.82 Å². The molecular weight excluding hydrogens is 311 g/mol. The molecule has 104 valence electrons. The van der Waals surface area contributed by atoms with Crippen molar-refractivity contribution in [2.24, 2.45) is 5.92 Å². The summed E-state index contributed by atoms with van der Waals surface area (Å²) in [6, 6.07) is 4.33. The topological polar surface area (TPSA) is 32.3 Å². The van der Waals surface area contributed by atoms with Crippen LogP contribution in [0, 0.1) is 11.7 Å². The third-order valence-corrected chi connectivity index (χ3v) is 3.87. The fourth-order valence-electron chi connectivity index (χ4n) is 2.56. The molecule has 19 heavy (non-hydrogen) atoms. The van der Waals surface area contributed by atoms with Gasteiger partial charge in [-0.1, -0.05) is 15.9 Å². The third-order valence-electron chi connectivity index (χ3n) is 3.41. The Morgan fingerprint density at radius 3 is 3.00 bits per heavy atom. The number of likely N-dealkylation sites (tertiary alicyclic amines) is 1. The van der Waals surface area contributed by atoms with Crippen LogP contribution in [-0.4, -0.2) is 37.5 Å². The van der Waals surface area contributed by atoms with Gasteiger partial charge in [0.2, 0.25) is 0 Å². The number of benzene rings is 1. The third kappa shape index (κ3) is 3.76. The summed E-state index contributed by atoms with van der Waals surface area (Å²) >= 11 is 3.22. The number of hydrogen-bond donors (Lipinski definition) is 1. The van der Waals surface area contributed by atoms with Crippen LogP contribution in [-0.2, 0) is 0 Å². The van der Waals surface area contributed by atoms with Crippen LogP contribution in [0.25, 0.3) is 0 Å². The second-order valence-electron chi connectivity index (χ2n) is 4.98. The van der Waals surface area contributed by atoms with E-state index in [2.05, 4.69) is 21.2 Å². The smallest absolute Gasteiger partial charge is 0.254 e. The van der Waals surface area contributed by atoms with Gasteiger partial charge in [-0.25, -0.2) is 4.39 Å². The molecule has 1 aliphatic heterocycles. The molecule has 5 heteroatoms. The Hall–Kier alpha value is -0.940. The number of nitrogens with zero attached hydrogens (tertiary/aromatic N) is 1. The highest BCUT2D eigenvalue weighted by Crippen LogP contribution is 2.20. The van der Waals surface area contributed by atoms with Gasteiger partial charge in [-0.05, 0) is 50.6 Å². The van der Waals surface area contributed by atoms with Gasteiger partial charge in [-0.2, -0.15) is 0 Å². The van der Waals surface area contributed by atoms with Crippen LogP contribution in [0.15, 0.2) is 22.7 Å². The van der Waals surface area contributed by atoms with E-state index in [0.717, 1.165) is 32.5 Å². The van der Waals surface area contributed by atoms with E-state index in [1.165, 1.54) is 12.1 Å². The summed E-state index contributed by atoms with van der Waals surface area (Å²) < 4.78 is 13.9. The van der Waals surface area contributed by atoms with Crippen molar-refractivity contribution in [3.05, 3.63) is 34.1 Å². The van der Waals surface area contributed by atoms with E-state index in [1.807, 2.05) is 11.9 Å². The van der Waals surface area contributed by atoms with Gasteiger partial charge in [-0.15, -0.1) is 0 Å². The van der Waals surface area contributed by atoms with Crippen molar-refractivity contribution in [1.29, 1.82) is 0 Å². The van der Waals surface area contributed by atoms with Crippen LogP contribution in [0.1, 0.15) is 23.2 Å². The molecule has 1 aromatic carbocycles. The van der Waals surface area contributed by atoms with Gasteiger partial charge in [0.15, 0.2) is 0 Å². The molecule has 1 aliphatic rings. The first-order valence-electron chi connectivity index (χ1n) is 6.50. The van der Waals surface area contributed by atoms with Gasteiger partial charge in [0, 0.05) is 23.1 Å². The summed E-state index contributed by atoms with van der Waals surface area (Å²) in [7, 11) is 1.92. The second kappa shape index (κ2) is 6.48. The standard InChI is InChI=1S/C14H18BrFN2O/c1-17-8-10-3-2-4-18(9-10)14(19)11-5-12(15)7-13(16)6-11/h5-7,10,17H,2-4,8-9H2,1H3. The Morgan fingerprint density at radius 2 is 2.32 bits per heavy atom. The molecule has 1 atom stereocenters. The van der Waals surface area contributed by atoms with Crippen LogP contribution in [0.2, 0.25) is 0 Å². The van der Waals surface area contributed by atoms with Crippen molar-refractivity contribution in [3.8, 4) is 0 Å². The molecule has 1 aromatic rings. The Balaban J connectivity index is 2.10. The lowest BCUT2D eigenvalue weighted by atomic mass is 9.97. The summed E-state index contributed by atoms with van der Waals surface area (Å²) in [6.07, 6.45) is 2.14. The zero-order valence-corrected chi connectivity index (χ0v) is 12.5. The van der Waals surface area contributed by atoms with Crippen molar-refractivity contribution in [1.82, 2.24) is 10.2 Å². The molecule has 1 unspecified atom stereocenters. The molecule has 1 saturated heterocycles. The fourth-order valence-corrected chi connectivity index (χ4v) is 3.03. The average molecular weight is 329 g/mol. The minimum absolute atomic E-state index is 0.0824. The minimum Gasteiger partial charge on any atom is -0.338 e. The first kappa shape index (κ1) is 14.5. The van der Waals surface area contributed by atoms with Crippen LogP contribution in [0.5, 0.6) is 0 Å². The monoisotopic (exact) mass is 328 g/mol. The first-order valence-corrected chi connectivity index (χ1v) is 7.29. The Kier molecular flexibility index (Phi) is 4.93. The van der Waals surface area contributed by atoms with Crippen LogP contribution < -0.4 is 5.32 Å². The summed E-state index contributed by atoms with van der Waals surface area (Å²) in [6.45, 7) is 2.41. The van der Waals surface area contributed by atoms with Gasteiger partial charge in [0.05, 0.1) is 0 Å². The number of piperidine rings is 1. The van der Waals surface area contributed by atoms with E-state index >= 15 is 0 Å². The van der Waals surface area contributed by atoms with Crippen LogP contribution in [0.4, 0.5) is 4.39 Å². The van der Waals surface area contributed by atoms with Crippen molar-refractivity contribution >= 4 is 21.8 Å². The predicted molar refractivity (Wildman–Crippen MR) is 76.7 cm³/mol. The maximum atomic E-state index is 13.3. The summed E-state index contributed by atoms with van der Waals surface area (Å²) in [5, 5.41) is 3.15. The molecule has 3 nitrogen and oxygen atoms in total. The lowest BCUT2D eigenvalue weighted by Gasteiger charge is -2.32. The number of halogens is 2. The summed E-state index contributed by atoms with van der Waals surface area (Å²) in [5.74, 6) is 0.0159. The predicted octanol–water partition coefficient (Wildman–Crippen LogP) is 2.66. The molecule has 0 spiro atoms. The fraction of sp³-hybridized carbons (Fsp3) is 0.500. The van der Waals surface area contributed by atoms with E-state index < -0.39 is 0 Å². The highest BCUT2D eigenvalue weighted by molar-refractivity contribution is 9.10. The second-order valence-corrected chi connectivity index (χ2v) is 5.89. The molecule has 1 N–H and O–H groups in total. The summed E-state index contributed by atoms with van der Waals surface area (Å²) in [5.41, 5.74) is 0.414. The highest BCUT2D eigenvalue weighted by Gasteiger charge is 2.24. The largest absolute Gasteiger partial charge is 0.338 e. The number of nitrogens with one attached hydrogen (secondary N) is 1. The maximum absolute atomic E-state index is 13.3. The number of rotatable bonds is 3. The molecule has 0 aromatic heterocycles. The van der Waals surface area contributed by atoms with Crippen molar-refractivity contribution in [2.75, 3.05) is 26.7 Å². The number of carbonyl (C=O) groups excluding carboxylic acids is 1. The number of hydrogen-bond acceptors (Lipinski definition) is 2. The van der Waals surface area contributed by atoms with E-state index in [9.17, 15) is 9.18 Å². The maximum Gasteiger partial charge on any atom is 0.254 e. The first-order chi connectivity index (χ1) is 9.10. The van der Waals surface area contributed by atoms with Crippen LogP contribution in [0.3, 0.4) is 0 Å². The SMILES string of the molecule is CNCC1CCCN(C(=O)c2cc(F)cc(Br)c2)C1. The Bertz CT molecular complexity index is 445. The zero-order valence-electron chi connectivity index (χ0n) is 11.0.